The van der Waals surface area contributed by atoms with Gasteiger partial charge in [0, 0.05) is 0 Å². The molecule has 2 aliphatic heterocycles. The molecule has 2 fully saturated rings. The van der Waals surface area contributed by atoms with Crippen LogP contribution in [-0.4, -0.2) is 12.1 Å². The minimum absolute atomic E-state index is 0.259. The summed E-state index contributed by atoms with van der Waals surface area (Å²) < 4.78 is 165. The van der Waals surface area contributed by atoms with Crippen LogP contribution in [-0.2, 0) is 35.8 Å². The fraction of sp³-hybridized carbons (Fsp3) is 0.368. The van der Waals surface area contributed by atoms with Crippen molar-refractivity contribution in [1.29, 1.82) is 0 Å². The van der Waals surface area contributed by atoms with Gasteiger partial charge in [-0.1, -0.05) is 76.2 Å². The van der Waals surface area contributed by atoms with Crippen molar-refractivity contribution in [3.63, 3.8) is 0 Å². The zero-order valence-electron chi connectivity index (χ0n) is 29.5. The molecule has 4 N–H and O–H groups in total. The number of nitrogens with one attached hydrogen (secondary N) is 4. The highest BCUT2D eigenvalue weighted by Gasteiger charge is 2.72. The van der Waals surface area contributed by atoms with Crippen LogP contribution in [0.5, 0.6) is 0 Å². The van der Waals surface area contributed by atoms with E-state index in [2.05, 4.69) is 20.3 Å². The average Bonchev–Trinajstić information content (AvgIpc) is 3.63. The molecular formula is C38H36F12N4P+. The number of hydrogen-bond donors (Lipinski definition) is 4. The molecule has 2 heterocycles. The van der Waals surface area contributed by atoms with Crippen LogP contribution in [0.25, 0.3) is 0 Å². The summed E-state index contributed by atoms with van der Waals surface area (Å²) in [5.74, 6) is -0.741. The van der Waals surface area contributed by atoms with Gasteiger partial charge in [0.05, 0.1) is 34.3 Å². The Kier molecular flexibility index (Phi) is 10.2. The van der Waals surface area contributed by atoms with Crippen molar-refractivity contribution in [3.05, 3.63) is 142 Å². The van der Waals surface area contributed by atoms with Gasteiger partial charge in [0.1, 0.15) is 11.1 Å². The third-order valence-electron chi connectivity index (χ3n) is 10.3. The van der Waals surface area contributed by atoms with E-state index in [-0.39, 0.29) is 34.1 Å². The fourth-order valence-corrected chi connectivity index (χ4v) is 11.8. The van der Waals surface area contributed by atoms with Crippen LogP contribution in [0.4, 0.5) is 52.7 Å². The highest BCUT2D eigenvalue weighted by molar-refractivity contribution is 7.69. The van der Waals surface area contributed by atoms with Gasteiger partial charge in [-0.2, -0.15) is 52.7 Å². The fourth-order valence-electron chi connectivity index (χ4n) is 7.77. The van der Waals surface area contributed by atoms with Crippen molar-refractivity contribution in [1.82, 2.24) is 20.3 Å². The molecule has 17 heteroatoms. The van der Waals surface area contributed by atoms with E-state index in [0.29, 0.717) is 0 Å². The molecule has 55 heavy (non-hydrogen) atoms. The smallest absolute Gasteiger partial charge is 0.166 e. The Balaban J connectivity index is 1.59. The second-order valence-electron chi connectivity index (χ2n) is 14.5. The van der Waals surface area contributed by atoms with E-state index in [4.69, 9.17) is 0 Å². The topological polar surface area (TPSA) is 48.1 Å². The van der Waals surface area contributed by atoms with Crippen LogP contribution in [0.2, 0.25) is 0 Å². The Morgan fingerprint density at radius 1 is 0.400 bits per heavy atom. The van der Waals surface area contributed by atoms with E-state index in [0.717, 1.165) is 48.5 Å². The molecule has 0 saturated carbocycles. The predicted molar refractivity (Wildman–Crippen MR) is 184 cm³/mol. The molecule has 0 unspecified atom stereocenters. The summed E-state index contributed by atoms with van der Waals surface area (Å²) in [7, 11) is -3.39. The summed E-state index contributed by atoms with van der Waals surface area (Å²) in [6, 6.07) is 15.3. The molecule has 2 aliphatic rings. The Labute approximate surface area is 309 Å². The summed E-state index contributed by atoms with van der Waals surface area (Å²) >= 11 is 0. The minimum atomic E-state index is -4.70. The van der Waals surface area contributed by atoms with E-state index >= 15 is 0 Å². The van der Waals surface area contributed by atoms with Crippen LogP contribution in [0.15, 0.2) is 97.1 Å². The maximum atomic E-state index is 13.7. The first-order valence-electron chi connectivity index (χ1n) is 17.1. The Morgan fingerprint density at radius 2 is 0.600 bits per heavy atom. The largest absolute Gasteiger partial charge is 0.416 e. The van der Waals surface area contributed by atoms with Gasteiger partial charge < -0.3 is 0 Å². The number of benzene rings is 4. The molecule has 6 rings (SSSR count). The van der Waals surface area contributed by atoms with Crippen molar-refractivity contribution >= 4 is 7.87 Å². The SMILES string of the molecule is CC(C)[C@@H]1N[P+]2(N[C@@H](C(C)C)C(c3ccc(C(F)(F)F)cc3)(c3ccc(C(F)(F)F)cc3)N2)NC1(c1ccc(C(F)(F)F)cc1)c1ccc(C(F)(F)F)cc1. The van der Waals surface area contributed by atoms with Crippen LogP contribution in [0.1, 0.15) is 72.2 Å². The van der Waals surface area contributed by atoms with Gasteiger partial charge in [-0.3, -0.25) is 0 Å². The molecule has 0 aliphatic carbocycles. The van der Waals surface area contributed by atoms with Crippen molar-refractivity contribution < 1.29 is 52.7 Å². The number of hydrogen-bond acceptors (Lipinski definition) is 4. The maximum Gasteiger partial charge on any atom is 0.416 e. The molecule has 2 saturated heterocycles. The summed E-state index contributed by atoms with van der Waals surface area (Å²) in [5, 5.41) is 14.3. The summed E-state index contributed by atoms with van der Waals surface area (Å²) in [6.45, 7) is 7.22. The Morgan fingerprint density at radius 3 is 0.764 bits per heavy atom. The van der Waals surface area contributed by atoms with Crippen molar-refractivity contribution in [2.45, 2.75) is 75.6 Å². The molecular weight excluding hydrogens is 771 g/mol. The molecule has 4 nitrogen and oxygen atoms in total. The van der Waals surface area contributed by atoms with Gasteiger partial charge in [0.25, 0.3) is 0 Å². The first-order valence-corrected chi connectivity index (χ1v) is 18.9. The second-order valence-corrected chi connectivity index (χ2v) is 16.8. The van der Waals surface area contributed by atoms with E-state index in [1.54, 1.807) is 27.7 Å². The average molecular weight is 808 g/mol. The van der Waals surface area contributed by atoms with E-state index in [1.807, 2.05) is 0 Å². The number of alkyl halides is 12. The van der Waals surface area contributed by atoms with Gasteiger partial charge in [-0.15, -0.1) is 20.3 Å². The van der Waals surface area contributed by atoms with Gasteiger partial charge in [-0.05, 0) is 82.6 Å². The van der Waals surface area contributed by atoms with Crippen molar-refractivity contribution in [2.75, 3.05) is 0 Å². The molecule has 1 spiro atoms. The van der Waals surface area contributed by atoms with Gasteiger partial charge in [-0.25, -0.2) is 0 Å². The van der Waals surface area contributed by atoms with Crippen LogP contribution < -0.4 is 20.3 Å². The molecule has 0 aromatic heterocycles. The first-order chi connectivity index (χ1) is 25.3. The van der Waals surface area contributed by atoms with Crippen LogP contribution >= 0.6 is 7.87 Å². The monoisotopic (exact) mass is 807 g/mol. The van der Waals surface area contributed by atoms with Crippen molar-refractivity contribution in [2.24, 2.45) is 11.8 Å². The first kappa shape index (κ1) is 41.0. The lowest BCUT2D eigenvalue weighted by Crippen LogP contribution is -2.50. The van der Waals surface area contributed by atoms with Crippen molar-refractivity contribution in [3.8, 4) is 0 Å². The predicted octanol–water partition coefficient (Wildman–Crippen LogP) is 11.1. The zero-order chi connectivity index (χ0) is 40.6. The maximum absolute atomic E-state index is 13.7. The lowest BCUT2D eigenvalue weighted by Gasteiger charge is -2.36. The lowest BCUT2D eigenvalue weighted by molar-refractivity contribution is -0.138. The standard InChI is InChI=1S/C38H36F12N4P/c1-21(2)31-33(23-5-13-27(14-6-23)35(39,40)41,24-7-15-28(16-8-24)36(42,43)44)53-55(51-31)52-32(22(3)4)34(54-55,25-9-17-29(18-10-25)37(45,46)47)26-11-19-30(20-12-26)38(48,49)50/h5-22,31-32,51-54H,1-4H3/q+1/t31-,32-,55?/m0/s1. The number of halogens is 12. The van der Waals surface area contributed by atoms with Gasteiger partial charge >= 0.3 is 32.6 Å². The zero-order valence-corrected chi connectivity index (χ0v) is 30.4. The van der Waals surface area contributed by atoms with Crippen LogP contribution in [0, 0.1) is 11.8 Å². The third kappa shape index (κ3) is 7.36. The molecule has 0 radical (unpaired) electrons. The van der Waals surface area contributed by atoms with Gasteiger partial charge in [0.2, 0.25) is 0 Å². The molecule has 0 bridgehead atoms. The molecule has 4 aromatic carbocycles. The summed E-state index contributed by atoms with van der Waals surface area (Å²) in [6.07, 6.45) is -18.8. The highest BCUT2D eigenvalue weighted by Crippen LogP contribution is 2.65. The van der Waals surface area contributed by atoms with E-state index in [1.165, 1.54) is 48.5 Å². The molecule has 296 valence electrons. The third-order valence-corrected chi connectivity index (χ3v) is 13.0. The lowest BCUT2D eigenvalue weighted by atomic mass is 9.74. The highest BCUT2D eigenvalue weighted by atomic mass is 31.2. The second kappa shape index (κ2) is 13.8. The Hall–Kier alpha value is -3.69. The minimum Gasteiger partial charge on any atom is -0.166 e. The molecule has 2 atom stereocenters. The molecule has 0 amide bonds. The molecule has 4 aromatic rings. The van der Waals surface area contributed by atoms with Gasteiger partial charge in [0.15, 0.2) is 0 Å². The quantitative estimate of drug-likeness (QED) is 0.116. The normalized spacial score (nSPS) is 21.2. The summed E-state index contributed by atoms with van der Waals surface area (Å²) in [5.41, 5.74) is -5.88. The number of rotatable bonds is 6. The summed E-state index contributed by atoms with van der Waals surface area (Å²) in [4.78, 5) is 0. The van der Waals surface area contributed by atoms with E-state index in [9.17, 15) is 52.7 Å². The Bertz CT molecular complexity index is 1710. The van der Waals surface area contributed by atoms with Crippen LogP contribution in [0.3, 0.4) is 0 Å². The van der Waals surface area contributed by atoms with E-state index < -0.39 is 78.0 Å².